The van der Waals surface area contributed by atoms with Gasteiger partial charge in [-0.1, -0.05) is 60.6 Å². The standard InChI is InChI=1S/C35H56O8/c1-9-24-15-16-25(28(31(24)38)33(39)40)14-13-20(5)29(36)22(7)30(37)26(10-2)32-21(6)19-35(12-4,43-32)27-17-18-34(41,11-3)23(8)42-27/h15-16,20-23,26-27,29,32,36,38,41H,9-14,17-19H2,1-8H3,(H,39,40)/t20-,21-,22+,23+,26+,27-,29+,32+,34+,35+/m1/s1. The molecule has 8 heteroatoms. The van der Waals surface area contributed by atoms with Gasteiger partial charge in [-0.2, -0.15) is 0 Å². The number of aromatic hydroxyl groups is 1. The fraction of sp³-hybridized carbons (Fsp3) is 0.771. The summed E-state index contributed by atoms with van der Waals surface area (Å²) >= 11 is 0. The molecule has 2 aliphatic heterocycles. The molecule has 0 aliphatic carbocycles. The normalized spacial score (nSPS) is 32.2. The molecule has 0 aromatic heterocycles. The predicted octanol–water partition coefficient (Wildman–Crippen LogP) is 6.10. The Morgan fingerprint density at radius 1 is 1.07 bits per heavy atom. The summed E-state index contributed by atoms with van der Waals surface area (Å²) in [6, 6.07) is 3.49. The lowest BCUT2D eigenvalue weighted by Crippen LogP contribution is -2.55. The summed E-state index contributed by atoms with van der Waals surface area (Å²) in [5.41, 5.74) is -0.322. The fourth-order valence-electron chi connectivity index (χ4n) is 7.67. The molecule has 43 heavy (non-hydrogen) atoms. The first-order valence-electron chi connectivity index (χ1n) is 16.5. The highest BCUT2D eigenvalue weighted by Crippen LogP contribution is 2.48. The molecule has 1 aromatic rings. The summed E-state index contributed by atoms with van der Waals surface area (Å²) in [4.78, 5) is 25.8. The summed E-state index contributed by atoms with van der Waals surface area (Å²) in [7, 11) is 0. The Morgan fingerprint density at radius 2 is 1.72 bits per heavy atom. The lowest BCUT2D eigenvalue weighted by Gasteiger charge is -2.47. The smallest absolute Gasteiger partial charge is 0.339 e. The summed E-state index contributed by atoms with van der Waals surface area (Å²) in [6.07, 6.45) is 3.87. The second kappa shape index (κ2) is 14.4. The number of phenols is 1. The van der Waals surface area contributed by atoms with E-state index < -0.39 is 29.2 Å². The SMILES string of the molecule is CCc1ccc(CC[C@@H](C)[C@H](O)[C@H](C)C(=O)[C@H](CC)[C@H]2O[C@](CC)([C@H]3CC[C@@](O)(CC)[C@H](C)O3)C[C@H]2C)c(C(=O)O)c1O. The van der Waals surface area contributed by atoms with Crippen LogP contribution in [-0.2, 0) is 27.1 Å². The molecule has 4 N–H and O–H groups in total. The largest absolute Gasteiger partial charge is 0.507 e. The van der Waals surface area contributed by atoms with Crippen molar-refractivity contribution < 1.29 is 39.5 Å². The predicted molar refractivity (Wildman–Crippen MR) is 166 cm³/mol. The van der Waals surface area contributed by atoms with Crippen molar-refractivity contribution in [2.45, 2.75) is 149 Å². The molecule has 2 saturated heterocycles. The number of aryl methyl sites for hydroxylation is 2. The maximum Gasteiger partial charge on any atom is 0.339 e. The zero-order chi connectivity index (χ0) is 32.3. The first kappa shape index (κ1) is 35.5. The van der Waals surface area contributed by atoms with Crippen molar-refractivity contribution in [3.05, 3.63) is 28.8 Å². The van der Waals surface area contributed by atoms with Crippen molar-refractivity contribution in [1.82, 2.24) is 0 Å². The van der Waals surface area contributed by atoms with Gasteiger partial charge in [-0.3, -0.25) is 4.79 Å². The van der Waals surface area contributed by atoms with Crippen molar-refractivity contribution in [2.24, 2.45) is 23.7 Å². The Balaban J connectivity index is 1.70. The van der Waals surface area contributed by atoms with E-state index in [1.54, 1.807) is 19.1 Å². The molecule has 2 fully saturated rings. The van der Waals surface area contributed by atoms with Gasteiger partial charge in [0.05, 0.1) is 35.6 Å². The zero-order valence-corrected chi connectivity index (χ0v) is 27.6. The van der Waals surface area contributed by atoms with Crippen molar-refractivity contribution in [3.8, 4) is 5.75 Å². The number of carboxylic acids is 1. The highest BCUT2D eigenvalue weighted by atomic mass is 16.6. The fourth-order valence-corrected chi connectivity index (χ4v) is 7.67. The molecular formula is C35H56O8. The minimum absolute atomic E-state index is 0.0138. The van der Waals surface area contributed by atoms with Crippen LogP contribution >= 0.6 is 0 Å². The number of ether oxygens (including phenoxy) is 2. The second-order valence-corrected chi connectivity index (χ2v) is 13.4. The third kappa shape index (κ3) is 7.13. The second-order valence-electron chi connectivity index (χ2n) is 13.4. The van der Waals surface area contributed by atoms with Crippen LogP contribution in [-0.4, -0.2) is 67.8 Å². The van der Waals surface area contributed by atoms with Crippen LogP contribution in [0.15, 0.2) is 12.1 Å². The number of carboxylic acid groups (broad SMARTS) is 1. The molecule has 10 atom stereocenters. The van der Waals surface area contributed by atoms with Gasteiger partial charge in [-0.15, -0.1) is 0 Å². The number of hydrogen-bond acceptors (Lipinski definition) is 7. The van der Waals surface area contributed by atoms with E-state index in [0.717, 1.165) is 12.8 Å². The van der Waals surface area contributed by atoms with Gasteiger partial charge >= 0.3 is 5.97 Å². The van der Waals surface area contributed by atoms with Crippen LogP contribution in [0.3, 0.4) is 0 Å². The number of Topliss-reactive ketones (excluding diaryl/α,β-unsaturated/α-hetero) is 1. The average Bonchev–Trinajstić information content (AvgIpc) is 3.33. The molecule has 2 heterocycles. The summed E-state index contributed by atoms with van der Waals surface area (Å²) in [6.45, 7) is 15.7. The van der Waals surface area contributed by atoms with E-state index in [1.165, 1.54) is 0 Å². The van der Waals surface area contributed by atoms with Gasteiger partial charge in [-0.05, 0) is 87.7 Å². The zero-order valence-electron chi connectivity index (χ0n) is 27.6. The summed E-state index contributed by atoms with van der Waals surface area (Å²) < 4.78 is 13.3. The minimum atomic E-state index is -1.17. The van der Waals surface area contributed by atoms with Crippen LogP contribution in [0, 0.1) is 23.7 Å². The van der Waals surface area contributed by atoms with Gasteiger partial charge in [0.2, 0.25) is 0 Å². The van der Waals surface area contributed by atoms with Crippen LogP contribution in [0.1, 0.15) is 122 Å². The Hall–Kier alpha value is -2.00. The van der Waals surface area contributed by atoms with E-state index in [9.17, 15) is 30.0 Å². The molecule has 0 saturated carbocycles. The van der Waals surface area contributed by atoms with Gasteiger partial charge in [-0.25, -0.2) is 4.79 Å². The van der Waals surface area contributed by atoms with Crippen LogP contribution < -0.4 is 0 Å². The minimum Gasteiger partial charge on any atom is -0.507 e. The van der Waals surface area contributed by atoms with E-state index in [-0.39, 0.29) is 53.2 Å². The number of rotatable bonds is 14. The molecule has 0 bridgehead atoms. The molecule has 0 radical (unpaired) electrons. The average molecular weight is 605 g/mol. The van der Waals surface area contributed by atoms with E-state index in [4.69, 9.17) is 9.47 Å². The maximum atomic E-state index is 13.9. The highest BCUT2D eigenvalue weighted by Gasteiger charge is 2.55. The number of hydrogen-bond donors (Lipinski definition) is 4. The molecule has 0 spiro atoms. The number of aromatic carboxylic acids is 1. The lowest BCUT2D eigenvalue weighted by atomic mass is 9.76. The van der Waals surface area contributed by atoms with Gasteiger partial charge in [0.15, 0.2) is 0 Å². The van der Waals surface area contributed by atoms with E-state index >= 15 is 0 Å². The first-order chi connectivity index (χ1) is 20.2. The summed E-state index contributed by atoms with van der Waals surface area (Å²) in [5, 5.41) is 42.4. The number of ketones is 1. The Morgan fingerprint density at radius 3 is 2.26 bits per heavy atom. The molecule has 1 aromatic carbocycles. The number of benzene rings is 1. The van der Waals surface area contributed by atoms with Crippen LogP contribution in [0.4, 0.5) is 0 Å². The Kier molecular flexibility index (Phi) is 11.9. The van der Waals surface area contributed by atoms with E-state index in [2.05, 4.69) is 13.8 Å². The van der Waals surface area contributed by atoms with Gasteiger partial charge < -0.3 is 29.9 Å². The van der Waals surface area contributed by atoms with Gasteiger partial charge in [0.1, 0.15) is 17.1 Å². The first-order valence-corrected chi connectivity index (χ1v) is 16.5. The number of aliphatic hydroxyl groups is 2. The number of carbonyl (C=O) groups is 2. The van der Waals surface area contributed by atoms with Gasteiger partial charge in [0.25, 0.3) is 0 Å². The van der Waals surface area contributed by atoms with Crippen LogP contribution in [0.25, 0.3) is 0 Å². The molecular weight excluding hydrogens is 548 g/mol. The monoisotopic (exact) mass is 604 g/mol. The third-order valence-electron chi connectivity index (χ3n) is 10.9. The summed E-state index contributed by atoms with van der Waals surface area (Å²) in [5.74, 6) is -2.50. The Labute approximate surface area is 258 Å². The van der Waals surface area contributed by atoms with Crippen LogP contribution in [0.5, 0.6) is 5.75 Å². The lowest BCUT2D eigenvalue weighted by molar-refractivity contribution is -0.229. The quantitative estimate of drug-likeness (QED) is 0.200. The van der Waals surface area contributed by atoms with E-state index in [0.29, 0.717) is 56.1 Å². The number of aliphatic hydroxyl groups excluding tert-OH is 1. The van der Waals surface area contributed by atoms with Crippen molar-refractivity contribution in [1.29, 1.82) is 0 Å². The highest BCUT2D eigenvalue weighted by molar-refractivity contribution is 5.93. The molecule has 3 rings (SSSR count). The van der Waals surface area contributed by atoms with Gasteiger partial charge in [0, 0.05) is 11.8 Å². The topological polar surface area (TPSA) is 134 Å². The molecule has 0 unspecified atom stereocenters. The van der Waals surface area contributed by atoms with Crippen molar-refractivity contribution >= 4 is 11.8 Å². The Bertz CT molecular complexity index is 1120. The molecule has 0 amide bonds. The number of carbonyl (C=O) groups excluding carboxylic acids is 1. The molecule has 2 aliphatic rings. The maximum absolute atomic E-state index is 13.9. The molecule has 244 valence electrons. The van der Waals surface area contributed by atoms with Crippen LogP contribution in [0.2, 0.25) is 0 Å². The molecule has 8 nitrogen and oxygen atoms in total. The third-order valence-corrected chi connectivity index (χ3v) is 10.9. The van der Waals surface area contributed by atoms with Crippen molar-refractivity contribution in [3.63, 3.8) is 0 Å². The van der Waals surface area contributed by atoms with Crippen molar-refractivity contribution in [2.75, 3.05) is 0 Å². The van der Waals surface area contributed by atoms with E-state index in [1.807, 2.05) is 34.6 Å².